The smallest absolute Gasteiger partial charge is 0.417 e. The van der Waals surface area contributed by atoms with Gasteiger partial charge < -0.3 is 25.0 Å². The molecule has 6 rings (SSSR count). The van der Waals surface area contributed by atoms with Crippen molar-refractivity contribution in [1.82, 2.24) is 40.4 Å². The summed E-state index contributed by atoms with van der Waals surface area (Å²) in [5, 5.41) is 17.9. The van der Waals surface area contributed by atoms with Crippen LogP contribution in [0.25, 0.3) is 22.2 Å². The van der Waals surface area contributed by atoms with E-state index in [1.807, 2.05) is 138 Å². The lowest BCUT2D eigenvalue weighted by atomic mass is 9.95. The second-order valence-corrected chi connectivity index (χ2v) is 17.4. The average molecular weight is 857 g/mol. The van der Waals surface area contributed by atoms with E-state index in [-0.39, 0.29) is 43.9 Å². The van der Waals surface area contributed by atoms with Gasteiger partial charge in [-0.2, -0.15) is 0 Å². The fourth-order valence-corrected chi connectivity index (χ4v) is 7.89. The van der Waals surface area contributed by atoms with Crippen LogP contribution in [0.1, 0.15) is 57.7 Å². The van der Waals surface area contributed by atoms with Gasteiger partial charge in [0, 0.05) is 62.6 Å². The van der Waals surface area contributed by atoms with Crippen LogP contribution in [0.2, 0.25) is 0 Å². The zero-order valence-electron chi connectivity index (χ0n) is 37.1. The number of nitrogens with zero attached hydrogens (tertiary/aromatic N) is 6. The molecule has 6 amide bonds. The topological polar surface area (TPSA) is 161 Å². The largest absolute Gasteiger partial charge is 0.452 e. The van der Waals surface area contributed by atoms with E-state index in [1.165, 1.54) is 7.11 Å². The van der Waals surface area contributed by atoms with Crippen molar-refractivity contribution in [3.63, 3.8) is 0 Å². The first-order valence-corrected chi connectivity index (χ1v) is 21.6. The minimum absolute atomic E-state index is 0.0656. The number of imide groups is 1. The molecular weight excluding hydrogens is 797 g/mol. The van der Waals surface area contributed by atoms with Crippen LogP contribution in [0.5, 0.6) is 0 Å². The SMILES string of the molecule is CCC(C)C(C(=O)NC(Cc1ccccc1)C(O)CN(Cc1ccc(-c2ccccn2)cc1)NC(=O)N(CC(C)(C)C)C(=O)OC)N1CCN(Cc2ccnc3ccccc23)C1=O. The number of hydrogen-bond donors (Lipinski definition) is 3. The summed E-state index contributed by atoms with van der Waals surface area (Å²) < 4.78 is 4.99. The van der Waals surface area contributed by atoms with Gasteiger partial charge >= 0.3 is 18.2 Å². The Morgan fingerprint density at radius 1 is 0.873 bits per heavy atom. The Morgan fingerprint density at radius 2 is 1.59 bits per heavy atom. The molecule has 332 valence electrons. The molecule has 1 aliphatic rings. The quantitative estimate of drug-likeness (QED) is 0.0817. The number of carbonyl (C=O) groups is 4. The summed E-state index contributed by atoms with van der Waals surface area (Å²) in [5.74, 6) is -0.584. The zero-order chi connectivity index (χ0) is 45.1. The number of rotatable bonds is 17. The number of pyridine rings is 2. The van der Waals surface area contributed by atoms with Crippen molar-refractivity contribution in [2.45, 2.75) is 78.7 Å². The number of aliphatic hydroxyl groups excluding tert-OH is 1. The maximum absolute atomic E-state index is 14.7. The maximum atomic E-state index is 14.7. The highest BCUT2D eigenvalue weighted by molar-refractivity contribution is 5.91. The van der Waals surface area contributed by atoms with Crippen molar-refractivity contribution in [3.8, 4) is 11.3 Å². The van der Waals surface area contributed by atoms with E-state index in [2.05, 4.69) is 20.7 Å². The maximum Gasteiger partial charge on any atom is 0.417 e. The van der Waals surface area contributed by atoms with Crippen molar-refractivity contribution < 1.29 is 29.0 Å². The number of benzene rings is 3. The lowest BCUT2D eigenvalue weighted by Crippen LogP contribution is -2.59. The van der Waals surface area contributed by atoms with Crippen molar-refractivity contribution in [2.24, 2.45) is 11.3 Å². The van der Waals surface area contributed by atoms with Gasteiger partial charge in [0.25, 0.3) is 0 Å². The van der Waals surface area contributed by atoms with Gasteiger partial charge in [-0.25, -0.2) is 24.3 Å². The van der Waals surface area contributed by atoms with Gasteiger partial charge in [-0.3, -0.25) is 20.2 Å². The van der Waals surface area contributed by atoms with Crippen molar-refractivity contribution in [2.75, 3.05) is 33.3 Å². The molecule has 3 aromatic carbocycles. The molecule has 0 radical (unpaired) electrons. The van der Waals surface area contributed by atoms with Crippen LogP contribution in [0.3, 0.4) is 0 Å². The number of aliphatic hydroxyl groups is 1. The molecule has 5 aromatic rings. The summed E-state index contributed by atoms with van der Waals surface area (Å²) in [6.07, 6.45) is 2.31. The molecule has 14 nitrogen and oxygen atoms in total. The summed E-state index contributed by atoms with van der Waals surface area (Å²) in [4.78, 5) is 69.0. The van der Waals surface area contributed by atoms with Crippen LogP contribution in [0.4, 0.5) is 14.4 Å². The molecule has 4 unspecified atom stereocenters. The number of carbonyl (C=O) groups excluding carboxylic acids is 4. The van der Waals surface area contributed by atoms with Gasteiger partial charge in [0.05, 0.1) is 30.5 Å². The Kier molecular flexibility index (Phi) is 15.5. The normalized spacial score (nSPS) is 14.9. The first-order chi connectivity index (χ1) is 30.2. The Hall–Kier alpha value is -6.38. The monoisotopic (exact) mass is 856 g/mol. The number of aromatic nitrogens is 2. The molecule has 1 saturated heterocycles. The van der Waals surface area contributed by atoms with Crippen LogP contribution in [0, 0.1) is 11.3 Å². The predicted molar refractivity (Wildman–Crippen MR) is 243 cm³/mol. The lowest BCUT2D eigenvalue weighted by molar-refractivity contribution is -0.128. The van der Waals surface area contributed by atoms with Crippen molar-refractivity contribution in [1.29, 1.82) is 0 Å². The van der Waals surface area contributed by atoms with E-state index in [1.54, 1.807) is 27.2 Å². The third-order valence-electron chi connectivity index (χ3n) is 11.3. The number of hydrogen-bond acceptors (Lipinski definition) is 9. The van der Waals surface area contributed by atoms with Crippen LogP contribution in [-0.4, -0.2) is 110 Å². The predicted octanol–water partition coefficient (Wildman–Crippen LogP) is 7.28. The van der Waals surface area contributed by atoms with Gasteiger partial charge in [-0.05, 0) is 58.7 Å². The molecule has 0 bridgehead atoms. The number of amides is 6. The lowest BCUT2D eigenvalue weighted by Gasteiger charge is -2.35. The third kappa shape index (κ3) is 12.2. The van der Waals surface area contributed by atoms with E-state index in [0.717, 1.165) is 43.8 Å². The van der Waals surface area contributed by atoms with Gasteiger partial charge in [0.15, 0.2) is 0 Å². The molecule has 0 aliphatic carbocycles. The van der Waals surface area contributed by atoms with Crippen LogP contribution >= 0.6 is 0 Å². The molecule has 4 atom stereocenters. The molecule has 0 spiro atoms. The van der Waals surface area contributed by atoms with E-state index in [4.69, 9.17) is 4.74 Å². The highest BCUT2D eigenvalue weighted by Gasteiger charge is 2.41. The number of ether oxygens (including phenoxy) is 1. The number of para-hydroxylation sites is 1. The standard InChI is InChI=1S/C49H60N8O6/c1-7-34(2)44(56-28-27-54(47(56)61)31-38-24-26-51-41-19-12-11-17-39(38)41)45(59)52-42(29-35-15-9-8-10-16-35)43(58)32-55(53-46(60)57(48(62)63-6)33-49(3,4)5)30-36-20-22-37(23-21-36)40-18-13-14-25-50-40/h8-26,34,42-44,58H,7,27-33H2,1-6H3,(H,52,59)(H,53,60). The van der Waals surface area contributed by atoms with Crippen LogP contribution in [0.15, 0.2) is 116 Å². The Labute approximate surface area is 370 Å². The zero-order valence-corrected chi connectivity index (χ0v) is 37.1. The fraction of sp³-hybridized carbons (Fsp3) is 0.388. The molecule has 3 N–H and O–H groups in total. The highest BCUT2D eigenvalue weighted by Crippen LogP contribution is 2.26. The first kappa shape index (κ1) is 46.1. The fourth-order valence-electron chi connectivity index (χ4n) is 7.89. The van der Waals surface area contributed by atoms with E-state index < -0.39 is 35.7 Å². The number of methoxy groups -OCH3 is 1. The molecule has 1 aliphatic heterocycles. The molecule has 63 heavy (non-hydrogen) atoms. The second-order valence-electron chi connectivity index (χ2n) is 17.4. The molecule has 14 heteroatoms. The summed E-state index contributed by atoms with van der Waals surface area (Å²) >= 11 is 0. The molecule has 0 saturated carbocycles. The number of hydrazine groups is 1. The van der Waals surface area contributed by atoms with E-state index >= 15 is 0 Å². The summed E-state index contributed by atoms with van der Waals surface area (Å²) in [5.41, 5.74) is 7.62. The minimum atomic E-state index is -1.24. The van der Waals surface area contributed by atoms with Crippen molar-refractivity contribution in [3.05, 3.63) is 132 Å². The second kappa shape index (κ2) is 21.1. The molecule has 3 heterocycles. The van der Waals surface area contributed by atoms with Crippen LogP contribution < -0.4 is 10.7 Å². The van der Waals surface area contributed by atoms with Gasteiger partial charge in [0.1, 0.15) is 6.04 Å². The average Bonchev–Trinajstić information content (AvgIpc) is 3.63. The summed E-state index contributed by atoms with van der Waals surface area (Å²) in [6, 6.07) is 30.0. The third-order valence-corrected chi connectivity index (χ3v) is 11.3. The first-order valence-electron chi connectivity index (χ1n) is 21.6. The molecular formula is C49H60N8O6. The Morgan fingerprint density at radius 3 is 2.27 bits per heavy atom. The molecule has 2 aromatic heterocycles. The van der Waals surface area contributed by atoms with Crippen LogP contribution in [-0.2, 0) is 29.0 Å². The number of fused-ring (bicyclic) bond motifs is 1. The van der Waals surface area contributed by atoms with E-state index in [0.29, 0.717) is 26.1 Å². The van der Waals surface area contributed by atoms with Crippen molar-refractivity contribution >= 4 is 35.0 Å². The summed E-state index contributed by atoms with van der Waals surface area (Å²) in [7, 11) is 1.22. The highest BCUT2D eigenvalue weighted by atomic mass is 16.5. The van der Waals surface area contributed by atoms with E-state index in [9.17, 15) is 24.3 Å². The Balaban J connectivity index is 1.25. The van der Waals surface area contributed by atoms with Gasteiger partial charge in [0.2, 0.25) is 5.91 Å². The van der Waals surface area contributed by atoms with Gasteiger partial charge in [-0.1, -0.05) is 120 Å². The summed E-state index contributed by atoms with van der Waals surface area (Å²) in [6.45, 7) is 10.9. The molecule has 1 fully saturated rings. The number of urea groups is 2. The Bertz CT molecular complexity index is 2300. The minimum Gasteiger partial charge on any atom is -0.452 e. The van der Waals surface area contributed by atoms with Gasteiger partial charge in [-0.15, -0.1) is 0 Å². The number of nitrogens with one attached hydrogen (secondary N) is 2.